The molecule has 2 aromatic carbocycles. The fourth-order valence-corrected chi connectivity index (χ4v) is 10.2. The van der Waals surface area contributed by atoms with Crippen molar-refractivity contribution in [3.05, 3.63) is 53.5 Å². The van der Waals surface area contributed by atoms with E-state index in [1.807, 2.05) is 11.0 Å². The highest BCUT2D eigenvalue weighted by Crippen LogP contribution is 2.41. The molecule has 0 bridgehead atoms. The molecule has 3 saturated heterocycles. The molecule has 1 aromatic heterocycles. The van der Waals surface area contributed by atoms with Gasteiger partial charge in [0.1, 0.15) is 23.3 Å². The summed E-state index contributed by atoms with van der Waals surface area (Å²) in [5, 5.41) is 5.27. The SMILES string of the molecule is COc1cc(N2CCC(CCCN3CCN(c4ccc5c(c4)C(=O)N(C4CCC(=O)NC4=O)C5=O)CC3)CC2)c(F)cc1Nc1ncc2c(n1)N(C1CCCC1)CC(F)(F)C(=O)N2C. The Morgan fingerprint density at radius 2 is 1.61 bits per heavy atom. The van der Waals surface area contributed by atoms with Gasteiger partial charge in [0.15, 0.2) is 5.82 Å². The maximum Gasteiger partial charge on any atom is 0.342 e. The number of aromatic nitrogens is 2. The number of anilines is 6. The summed E-state index contributed by atoms with van der Waals surface area (Å²) in [7, 11) is 2.79. The Hall–Kier alpha value is -5.98. The Labute approximate surface area is 369 Å². The first-order valence-electron chi connectivity index (χ1n) is 22.3. The number of benzene rings is 2. The minimum atomic E-state index is -3.60. The van der Waals surface area contributed by atoms with Crippen molar-refractivity contribution in [1.29, 1.82) is 0 Å². The van der Waals surface area contributed by atoms with E-state index in [4.69, 9.17) is 4.74 Å². The van der Waals surface area contributed by atoms with Gasteiger partial charge in [0.25, 0.3) is 17.7 Å². The minimum absolute atomic E-state index is 0.0676. The van der Waals surface area contributed by atoms with E-state index < -0.39 is 53.9 Å². The number of carbonyl (C=O) groups excluding carboxylic acids is 5. The van der Waals surface area contributed by atoms with Crippen molar-refractivity contribution in [3.8, 4) is 5.75 Å². The van der Waals surface area contributed by atoms with Crippen LogP contribution in [0.5, 0.6) is 5.75 Å². The number of methoxy groups -OCH3 is 1. The molecular formula is C45H53F3N10O6. The van der Waals surface area contributed by atoms with Crippen molar-refractivity contribution in [1.82, 2.24) is 25.1 Å². The number of rotatable bonds is 11. The van der Waals surface area contributed by atoms with Crippen LogP contribution >= 0.6 is 0 Å². The van der Waals surface area contributed by atoms with E-state index in [0.717, 1.165) is 86.7 Å². The molecule has 340 valence electrons. The summed E-state index contributed by atoms with van der Waals surface area (Å²) in [5.74, 6) is -6.22. The second kappa shape index (κ2) is 17.5. The smallest absolute Gasteiger partial charge is 0.342 e. The van der Waals surface area contributed by atoms with Gasteiger partial charge in [0, 0.05) is 76.6 Å². The van der Waals surface area contributed by atoms with Crippen molar-refractivity contribution in [2.45, 2.75) is 82.2 Å². The predicted molar refractivity (Wildman–Crippen MR) is 232 cm³/mol. The zero-order valence-electron chi connectivity index (χ0n) is 36.1. The zero-order valence-corrected chi connectivity index (χ0v) is 36.1. The van der Waals surface area contributed by atoms with Gasteiger partial charge in [-0.3, -0.25) is 39.1 Å². The number of halogens is 3. The lowest BCUT2D eigenvalue weighted by molar-refractivity contribution is -0.140. The maximum absolute atomic E-state index is 15.9. The lowest BCUT2D eigenvalue weighted by atomic mass is 9.91. The number of piperazine rings is 1. The number of imide groups is 2. The summed E-state index contributed by atoms with van der Waals surface area (Å²) in [6.45, 7) is 4.80. The van der Waals surface area contributed by atoms with Crippen LogP contribution in [0.2, 0.25) is 0 Å². The van der Waals surface area contributed by atoms with E-state index >= 15 is 13.2 Å². The van der Waals surface area contributed by atoms with E-state index in [2.05, 4.69) is 30.4 Å². The van der Waals surface area contributed by atoms with Crippen LogP contribution in [0.4, 0.5) is 47.7 Å². The van der Waals surface area contributed by atoms with Gasteiger partial charge in [-0.2, -0.15) is 13.8 Å². The van der Waals surface area contributed by atoms with Gasteiger partial charge in [-0.15, -0.1) is 0 Å². The van der Waals surface area contributed by atoms with Crippen LogP contribution in [0.15, 0.2) is 36.5 Å². The summed E-state index contributed by atoms with van der Waals surface area (Å²) in [5.41, 5.74) is 2.31. The highest BCUT2D eigenvalue weighted by Gasteiger charge is 2.49. The molecule has 0 spiro atoms. The number of ether oxygens (including phenoxy) is 1. The standard InChI is InChI=1S/C45H53F3N10O6/c1-53-36-25-49-44(52-39(36)57(28-7-3-4-8-28)26-45(47,48)43(53)63)50-33-23-32(46)35(24-37(33)64-2)56-16-13-27(14-17-56)6-5-15-54-18-20-55(21-19-54)29-9-10-30-31(22-29)42(62)58(41(30)61)34-11-12-38(59)51-40(34)60/h9-10,22-25,27-28,34H,3-8,11-21,26H2,1-2H3,(H,49,50,52)(H,51,59,60). The third-order valence-corrected chi connectivity index (χ3v) is 13.9. The lowest BCUT2D eigenvalue weighted by Gasteiger charge is -2.37. The van der Waals surface area contributed by atoms with Crippen molar-refractivity contribution < 1.29 is 41.9 Å². The van der Waals surface area contributed by atoms with Crippen LogP contribution in [0.3, 0.4) is 0 Å². The van der Waals surface area contributed by atoms with Crippen LogP contribution in [0.25, 0.3) is 0 Å². The lowest BCUT2D eigenvalue weighted by Crippen LogP contribution is -2.54. The largest absolute Gasteiger partial charge is 0.494 e. The molecule has 1 saturated carbocycles. The molecule has 3 aromatic rings. The second-order valence-electron chi connectivity index (χ2n) is 17.7. The number of nitrogens with one attached hydrogen (secondary N) is 2. The molecular weight excluding hydrogens is 834 g/mol. The molecule has 2 N–H and O–H groups in total. The van der Waals surface area contributed by atoms with Crippen molar-refractivity contribution in [2.75, 3.05) is 91.4 Å². The summed E-state index contributed by atoms with van der Waals surface area (Å²) < 4.78 is 51.7. The van der Waals surface area contributed by atoms with E-state index in [9.17, 15) is 24.0 Å². The van der Waals surface area contributed by atoms with Gasteiger partial charge < -0.3 is 29.7 Å². The summed E-state index contributed by atoms with van der Waals surface area (Å²) in [4.78, 5) is 82.3. The molecule has 1 unspecified atom stereocenters. The van der Waals surface area contributed by atoms with Gasteiger partial charge in [-0.25, -0.2) is 9.37 Å². The average Bonchev–Trinajstić information content (AvgIpc) is 3.90. The van der Waals surface area contributed by atoms with Crippen LogP contribution in [0.1, 0.15) is 84.9 Å². The van der Waals surface area contributed by atoms with Gasteiger partial charge in [-0.1, -0.05) is 12.8 Å². The molecule has 19 heteroatoms. The highest BCUT2D eigenvalue weighted by atomic mass is 19.3. The fourth-order valence-electron chi connectivity index (χ4n) is 10.2. The first kappa shape index (κ1) is 43.3. The Morgan fingerprint density at radius 3 is 2.33 bits per heavy atom. The molecule has 6 heterocycles. The Morgan fingerprint density at radius 1 is 0.875 bits per heavy atom. The van der Waals surface area contributed by atoms with Gasteiger partial charge in [-0.05, 0) is 75.6 Å². The van der Waals surface area contributed by atoms with E-state index in [0.29, 0.717) is 43.3 Å². The van der Waals surface area contributed by atoms with Crippen LogP contribution < -0.4 is 35.0 Å². The molecule has 1 aliphatic carbocycles. The molecule has 6 aliphatic rings. The van der Waals surface area contributed by atoms with Gasteiger partial charge in [0.05, 0.1) is 42.4 Å². The molecule has 1 atom stereocenters. The maximum atomic E-state index is 15.9. The van der Waals surface area contributed by atoms with Crippen molar-refractivity contribution in [2.24, 2.45) is 5.92 Å². The minimum Gasteiger partial charge on any atom is -0.494 e. The quantitative estimate of drug-likeness (QED) is 0.249. The van der Waals surface area contributed by atoms with Gasteiger partial charge in [0.2, 0.25) is 17.8 Å². The Balaban J connectivity index is 0.758. The Kier molecular flexibility index (Phi) is 11.9. The summed E-state index contributed by atoms with van der Waals surface area (Å²) >= 11 is 0. The normalized spacial score (nSPS) is 22.2. The number of hydrogen-bond donors (Lipinski definition) is 2. The van der Waals surface area contributed by atoms with Crippen LogP contribution in [0, 0.1) is 11.7 Å². The molecule has 0 radical (unpaired) electrons. The number of carbonyl (C=O) groups is 5. The molecule has 4 fully saturated rings. The molecule has 64 heavy (non-hydrogen) atoms. The average molecular weight is 887 g/mol. The Bertz CT molecular complexity index is 2350. The van der Waals surface area contributed by atoms with Crippen molar-refractivity contribution in [3.63, 3.8) is 0 Å². The van der Waals surface area contributed by atoms with E-state index in [1.165, 1.54) is 31.3 Å². The molecule has 9 rings (SSSR count). The third-order valence-electron chi connectivity index (χ3n) is 13.9. The number of hydrogen-bond acceptors (Lipinski definition) is 13. The monoisotopic (exact) mass is 886 g/mol. The fraction of sp³-hybridized carbons (Fsp3) is 0.533. The second-order valence-corrected chi connectivity index (χ2v) is 17.7. The van der Waals surface area contributed by atoms with Crippen LogP contribution in [-0.2, 0) is 14.4 Å². The number of amides is 5. The topological polar surface area (TPSA) is 164 Å². The van der Waals surface area contributed by atoms with Crippen LogP contribution in [-0.4, -0.2) is 134 Å². The number of nitrogens with zero attached hydrogens (tertiary/aromatic N) is 8. The first-order chi connectivity index (χ1) is 30.8. The third kappa shape index (κ3) is 8.29. The van der Waals surface area contributed by atoms with E-state index in [-0.39, 0.29) is 53.2 Å². The molecule has 5 amide bonds. The first-order valence-corrected chi connectivity index (χ1v) is 22.3. The number of piperidine rings is 2. The predicted octanol–water partition coefficient (Wildman–Crippen LogP) is 4.95. The summed E-state index contributed by atoms with van der Waals surface area (Å²) in [6, 6.07) is 7.07. The zero-order chi connectivity index (χ0) is 44.9. The summed E-state index contributed by atoms with van der Waals surface area (Å²) in [6.07, 6.45) is 8.72. The molecule has 16 nitrogen and oxygen atoms in total. The molecule has 5 aliphatic heterocycles. The number of fused-ring (bicyclic) bond motifs is 2. The van der Waals surface area contributed by atoms with Crippen molar-refractivity contribution >= 4 is 64.1 Å². The van der Waals surface area contributed by atoms with Gasteiger partial charge >= 0.3 is 5.92 Å². The number of alkyl halides is 2. The van der Waals surface area contributed by atoms with E-state index in [1.54, 1.807) is 18.2 Å². The highest BCUT2D eigenvalue weighted by molar-refractivity contribution is 6.23.